The number of carbonyl (C=O) groups is 1. The number of aromatic carboxylic acids is 1. The second-order valence-corrected chi connectivity index (χ2v) is 3.34. The van der Waals surface area contributed by atoms with Gasteiger partial charge in [0.2, 0.25) is 5.82 Å². The summed E-state index contributed by atoms with van der Waals surface area (Å²) in [7, 11) is 0. The lowest BCUT2D eigenvalue weighted by atomic mass is 10.3. The Bertz CT molecular complexity index is 638. The van der Waals surface area contributed by atoms with Crippen LogP contribution in [0.3, 0.4) is 0 Å². The summed E-state index contributed by atoms with van der Waals surface area (Å²) in [5, 5.41) is 22.8. The molecule has 0 radical (unpaired) electrons. The van der Waals surface area contributed by atoms with Crippen molar-refractivity contribution in [2.24, 2.45) is 0 Å². The van der Waals surface area contributed by atoms with Crippen molar-refractivity contribution in [1.82, 2.24) is 9.78 Å². The van der Waals surface area contributed by atoms with E-state index in [9.17, 15) is 19.3 Å². The Morgan fingerprint density at radius 2 is 2.17 bits per heavy atom. The van der Waals surface area contributed by atoms with Gasteiger partial charge in [-0.05, 0) is 12.1 Å². The summed E-state index contributed by atoms with van der Waals surface area (Å²) in [5.41, 5.74) is -0.649. The average molecular weight is 251 g/mol. The molecule has 0 fully saturated rings. The van der Waals surface area contributed by atoms with E-state index in [1.165, 1.54) is 18.3 Å². The van der Waals surface area contributed by atoms with Gasteiger partial charge in [0.15, 0.2) is 5.69 Å². The largest absolute Gasteiger partial charge is 0.476 e. The van der Waals surface area contributed by atoms with Gasteiger partial charge in [0.25, 0.3) is 0 Å². The molecule has 1 N–H and O–H groups in total. The zero-order valence-electron chi connectivity index (χ0n) is 8.78. The lowest BCUT2D eigenvalue weighted by molar-refractivity contribution is -0.387. The molecule has 0 aliphatic heterocycles. The number of hydrogen-bond acceptors (Lipinski definition) is 4. The molecule has 2 rings (SSSR count). The van der Waals surface area contributed by atoms with Crippen LogP contribution in [0, 0.1) is 15.9 Å². The highest BCUT2D eigenvalue weighted by Gasteiger charge is 2.15. The third kappa shape index (κ3) is 2.03. The number of nitrogens with zero attached hydrogens (tertiary/aromatic N) is 3. The van der Waals surface area contributed by atoms with E-state index < -0.39 is 22.4 Å². The highest BCUT2D eigenvalue weighted by Crippen LogP contribution is 2.20. The molecule has 0 aliphatic carbocycles. The average Bonchev–Trinajstić information content (AvgIpc) is 2.77. The van der Waals surface area contributed by atoms with Crippen LogP contribution < -0.4 is 0 Å². The summed E-state index contributed by atoms with van der Waals surface area (Å²) in [6.45, 7) is 0. The summed E-state index contributed by atoms with van der Waals surface area (Å²) in [5.74, 6) is -2.22. The SMILES string of the molecule is O=C(O)c1ccn(-c2ccc([N+](=O)[O-])c(F)c2)n1. The van der Waals surface area contributed by atoms with Crippen LogP contribution in [0.25, 0.3) is 5.69 Å². The molecule has 7 nitrogen and oxygen atoms in total. The Kier molecular flexibility index (Phi) is 2.76. The Morgan fingerprint density at radius 1 is 1.44 bits per heavy atom. The first-order valence-corrected chi connectivity index (χ1v) is 4.72. The zero-order chi connectivity index (χ0) is 13.3. The zero-order valence-corrected chi connectivity index (χ0v) is 8.78. The number of carboxylic acid groups (broad SMARTS) is 1. The fourth-order valence-corrected chi connectivity index (χ4v) is 1.37. The lowest BCUT2D eigenvalue weighted by Gasteiger charge is -2.01. The maximum atomic E-state index is 13.4. The van der Waals surface area contributed by atoms with Crippen LogP contribution in [0.5, 0.6) is 0 Å². The molecular weight excluding hydrogens is 245 g/mol. The van der Waals surface area contributed by atoms with Gasteiger partial charge in [-0.1, -0.05) is 0 Å². The van der Waals surface area contributed by atoms with Gasteiger partial charge >= 0.3 is 11.7 Å². The van der Waals surface area contributed by atoms with Gasteiger partial charge in [0.1, 0.15) is 0 Å². The standard InChI is InChI=1S/C10H6FN3O4/c11-7-5-6(1-2-9(7)14(17)18)13-4-3-8(12-13)10(15)16/h1-5H,(H,15,16). The van der Waals surface area contributed by atoms with E-state index in [0.29, 0.717) is 0 Å². The van der Waals surface area contributed by atoms with E-state index in [1.807, 2.05) is 0 Å². The van der Waals surface area contributed by atoms with Gasteiger partial charge in [-0.2, -0.15) is 9.49 Å². The first kappa shape index (κ1) is 11.7. The Balaban J connectivity index is 2.42. The highest BCUT2D eigenvalue weighted by atomic mass is 19.1. The predicted molar refractivity (Wildman–Crippen MR) is 57.1 cm³/mol. The molecule has 2 aromatic rings. The number of rotatable bonds is 3. The highest BCUT2D eigenvalue weighted by molar-refractivity contribution is 5.85. The fourth-order valence-electron chi connectivity index (χ4n) is 1.37. The second-order valence-electron chi connectivity index (χ2n) is 3.34. The molecule has 0 saturated heterocycles. The summed E-state index contributed by atoms with van der Waals surface area (Å²) >= 11 is 0. The Hall–Kier alpha value is -2.77. The third-order valence-electron chi connectivity index (χ3n) is 2.20. The van der Waals surface area contributed by atoms with Gasteiger partial charge < -0.3 is 5.11 Å². The lowest BCUT2D eigenvalue weighted by Crippen LogP contribution is -2.02. The van der Waals surface area contributed by atoms with Crippen LogP contribution in [0.2, 0.25) is 0 Å². The minimum atomic E-state index is -1.21. The topological polar surface area (TPSA) is 98.3 Å². The molecule has 1 aromatic carbocycles. The van der Waals surface area contributed by atoms with Crippen LogP contribution in [0.15, 0.2) is 30.5 Å². The van der Waals surface area contributed by atoms with Crippen molar-refractivity contribution in [2.45, 2.75) is 0 Å². The maximum absolute atomic E-state index is 13.4. The van der Waals surface area contributed by atoms with E-state index in [0.717, 1.165) is 16.8 Å². The molecule has 0 atom stereocenters. The Morgan fingerprint density at radius 3 is 2.67 bits per heavy atom. The molecule has 0 saturated carbocycles. The van der Waals surface area contributed by atoms with Crippen molar-refractivity contribution in [1.29, 1.82) is 0 Å². The van der Waals surface area contributed by atoms with E-state index in [1.54, 1.807) is 0 Å². The van der Waals surface area contributed by atoms with Crippen LogP contribution in [-0.2, 0) is 0 Å². The first-order chi connectivity index (χ1) is 8.49. The molecule has 0 amide bonds. The summed E-state index contributed by atoms with van der Waals surface area (Å²) in [6, 6.07) is 4.42. The van der Waals surface area contributed by atoms with Gasteiger partial charge in [-0.15, -0.1) is 0 Å². The number of carboxylic acids is 1. The van der Waals surface area contributed by atoms with Crippen molar-refractivity contribution in [3.8, 4) is 5.69 Å². The molecule has 8 heteroatoms. The fraction of sp³-hybridized carbons (Fsp3) is 0. The number of nitro benzene ring substituents is 1. The Labute approximate surface area is 99.2 Å². The van der Waals surface area contributed by atoms with Gasteiger partial charge in [-0.25, -0.2) is 9.48 Å². The van der Waals surface area contributed by atoms with Gasteiger partial charge in [-0.3, -0.25) is 10.1 Å². The molecule has 18 heavy (non-hydrogen) atoms. The van der Waals surface area contributed by atoms with Crippen LogP contribution >= 0.6 is 0 Å². The van der Waals surface area contributed by atoms with E-state index in [4.69, 9.17) is 5.11 Å². The number of halogens is 1. The summed E-state index contributed by atoms with van der Waals surface area (Å²) < 4.78 is 14.5. The van der Waals surface area contributed by atoms with Crippen molar-refractivity contribution in [3.05, 3.63) is 52.1 Å². The van der Waals surface area contributed by atoms with Crippen molar-refractivity contribution < 1.29 is 19.2 Å². The molecule has 1 aromatic heterocycles. The minimum Gasteiger partial charge on any atom is -0.476 e. The second kappa shape index (κ2) is 4.24. The molecule has 0 bridgehead atoms. The van der Waals surface area contributed by atoms with E-state index in [2.05, 4.69) is 5.10 Å². The maximum Gasteiger partial charge on any atom is 0.356 e. The number of aromatic nitrogens is 2. The smallest absolute Gasteiger partial charge is 0.356 e. The minimum absolute atomic E-state index is 0.200. The first-order valence-electron chi connectivity index (χ1n) is 4.72. The molecule has 0 spiro atoms. The van der Waals surface area contributed by atoms with Crippen molar-refractivity contribution >= 4 is 11.7 Å². The van der Waals surface area contributed by atoms with Crippen LogP contribution in [-0.4, -0.2) is 25.8 Å². The number of benzene rings is 1. The van der Waals surface area contributed by atoms with Gasteiger partial charge in [0.05, 0.1) is 10.6 Å². The molecule has 0 aliphatic rings. The molecule has 92 valence electrons. The summed E-state index contributed by atoms with van der Waals surface area (Å²) in [4.78, 5) is 20.2. The monoisotopic (exact) mass is 251 g/mol. The van der Waals surface area contributed by atoms with Crippen molar-refractivity contribution in [3.63, 3.8) is 0 Å². The van der Waals surface area contributed by atoms with Gasteiger partial charge in [0, 0.05) is 18.3 Å². The molecule has 1 heterocycles. The van der Waals surface area contributed by atoms with Crippen molar-refractivity contribution in [2.75, 3.05) is 0 Å². The number of hydrogen-bond donors (Lipinski definition) is 1. The predicted octanol–water partition coefficient (Wildman–Crippen LogP) is 1.62. The van der Waals surface area contributed by atoms with E-state index in [-0.39, 0.29) is 11.4 Å². The normalized spacial score (nSPS) is 10.3. The summed E-state index contributed by atoms with van der Waals surface area (Å²) in [6.07, 6.45) is 1.32. The van der Waals surface area contributed by atoms with Crippen LogP contribution in [0.4, 0.5) is 10.1 Å². The molecule has 0 unspecified atom stereocenters. The number of nitro groups is 1. The third-order valence-corrected chi connectivity index (χ3v) is 2.20. The quantitative estimate of drug-likeness (QED) is 0.660. The van der Waals surface area contributed by atoms with E-state index >= 15 is 0 Å². The van der Waals surface area contributed by atoms with Crippen LogP contribution in [0.1, 0.15) is 10.5 Å². The molecular formula is C10H6FN3O4.